The Hall–Kier alpha value is -4.02. The molecule has 2 aromatic carbocycles. The van der Waals surface area contributed by atoms with Gasteiger partial charge in [-0.2, -0.15) is 5.26 Å². The van der Waals surface area contributed by atoms with Gasteiger partial charge in [-0.3, -0.25) is 0 Å². The Kier molecular flexibility index (Phi) is 5.51. The van der Waals surface area contributed by atoms with Gasteiger partial charge in [-0.25, -0.2) is 4.98 Å². The largest absolute Gasteiger partial charge is 0.496 e. The summed E-state index contributed by atoms with van der Waals surface area (Å²) >= 11 is 0. The number of hydrogen-bond donors (Lipinski definition) is 2. The lowest BCUT2D eigenvalue weighted by atomic mass is 10.1. The molecule has 0 amide bonds. The van der Waals surface area contributed by atoms with Gasteiger partial charge in [-0.15, -0.1) is 0 Å². The van der Waals surface area contributed by atoms with E-state index < -0.39 is 0 Å². The number of H-pyrrole nitrogens is 1. The number of ether oxygens (including phenoxy) is 2. The lowest BCUT2D eigenvalue weighted by molar-refractivity contribution is 0.122. The summed E-state index contributed by atoms with van der Waals surface area (Å²) in [5.41, 5.74) is 7.52. The van der Waals surface area contributed by atoms with Gasteiger partial charge in [0.1, 0.15) is 17.5 Å². The molecule has 1 aliphatic carbocycles. The van der Waals surface area contributed by atoms with E-state index in [2.05, 4.69) is 45.5 Å². The van der Waals surface area contributed by atoms with Gasteiger partial charge in [0.25, 0.3) is 0 Å². The summed E-state index contributed by atoms with van der Waals surface area (Å²) in [6.45, 7) is 3.24. The summed E-state index contributed by atoms with van der Waals surface area (Å²) in [6, 6.07) is 18.4. The van der Waals surface area contributed by atoms with E-state index in [1.54, 1.807) is 7.11 Å². The summed E-state index contributed by atoms with van der Waals surface area (Å²) in [7, 11) is 1.71. The first-order chi connectivity index (χ1) is 17.2. The molecule has 4 aromatic rings. The van der Waals surface area contributed by atoms with E-state index in [9.17, 15) is 5.26 Å². The van der Waals surface area contributed by atoms with E-state index in [0.717, 1.165) is 84.2 Å². The molecule has 7 heteroatoms. The Bertz CT molecular complexity index is 1430. The first kappa shape index (κ1) is 21.5. The number of rotatable bonds is 6. The normalized spacial score (nSPS) is 15.7. The molecule has 0 bridgehead atoms. The number of morpholine rings is 1. The number of methoxy groups -OCH3 is 1. The number of para-hydroxylation sites is 1. The van der Waals surface area contributed by atoms with Gasteiger partial charge in [-0.1, -0.05) is 12.1 Å². The third-order valence-electron chi connectivity index (χ3n) is 6.86. The lowest BCUT2D eigenvalue weighted by Crippen LogP contribution is -2.36. The second kappa shape index (κ2) is 8.97. The maximum Gasteiger partial charge on any atom is 0.139 e. The van der Waals surface area contributed by atoms with Crippen LogP contribution in [-0.2, 0) is 4.74 Å². The number of benzene rings is 2. The van der Waals surface area contributed by atoms with E-state index in [4.69, 9.17) is 14.5 Å². The van der Waals surface area contributed by atoms with Gasteiger partial charge in [-0.05, 0) is 54.7 Å². The average Bonchev–Trinajstić information content (AvgIpc) is 3.67. The zero-order chi connectivity index (χ0) is 23.8. The lowest BCUT2D eigenvalue weighted by Gasteiger charge is -2.29. The second-order valence-corrected chi connectivity index (χ2v) is 9.07. The summed E-state index contributed by atoms with van der Waals surface area (Å²) in [4.78, 5) is 10.6. The number of pyridine rings is 1. The number of nitrogens with zero attached hydrogens (tertiary/aromatic N) is 3. The Morgan fingerprint density at radius 2 is 1.97 bits per heavy atom. The summed E-state index contributed by atoms with van der Waals surface area (Å²) in [6.07, 6.45) is 4.29. The Balaban J connectivity index is 1.43. The standard InChI is InChI=1S/C28H27N5O2/c1-34-26-14-20(33-10-12-35-13-11-33)8-9-21(26)25-15-22-27(31-24-5-3-2-4-19(24)16-29)23(18-6-7-18)17-30-28(22)32-25/h2-5,8-9,14-15,17-18H,6-7,10-13H2,1H3,(H2,30,31,32). The van der Waals surface area contributed by atoms with Crippen molar-refractivity contribution in [2.45, 2.75) is 18.8 Å². The van der Waals surface area contributed by atoms with Crippen LogP contribution in [0.5, 0.6) is 5.75 Å². The van der Waals surface area contributed by atoms with Crippen molar-refractivity contribution in [3.8, 4) is 23.1 Å². The van der Waals surface area contributed by atoms with Crippen molar-refractivity contribution in [2.24, 2.45) is 0 Å². The topological polar surface area (TPSA) is 86.2 Å². The van der Waals surface area contributed by atoms with Crippen molar-refractivity contribution in [3.05, 3.63) is 65.9 Å². The maximum absolute atomic E-state index is 9.59. The molecule has 35 heavy (non-hydrogen) atoms. The molecule has 0 radical (unpaired) electrons. The van der Waals surface area contributed by atoms with E-state index in [-0.39, 0.29) is 0 Å². The first-order valence-electron chi connectivity index (χ1n) is 12.0. The fourth-order valence-corrected chi connectivity index (χ4v) is 4.82. The molecule has 2 aromatic heterocycles. The number of nitrogens with one attached hydrogen (secondary N) is 2. The van der Waals surface area contributed by atoms with Crippen LogP contribution in [0, 0.1) is 11.3 Å². The third kappa shape index (κ3) is 4.07. The van der Waals surface area contributed by atoms with Crippen molar-refractivity contribution in [1.29, 1.82) is 5.26 Å². The van der Waals surface area contributed by atoms with Crippen molar-refractivity contribution in [2.75, 3.05) is 43.6 Å². The van der Waals surface area contributed by atoms with Gasteiger partial charge in [0.15, 0.2) is 0 Å². The van der Waals surface area contributed by atoms with Crippen molar-refractivity contribution in [3.63, 3.8) is 0 Å². The Labute approximate surface area is 204 Å². The van der Waals surface area contributed by atoms with E-state index in [1.807, 2.05) is 30.5 Å². The van der Waals surface area contributed by atoms with Crippen LogP contribution >= 0.6 is 0 Å². The first-order valence-corrected chi connectivity index (χ1v) is 12.0. The molecule has 0 spiro atoms. The Morgan fingerprint density at radius 1 is 1.14 bits per heavy atom. The SMILES string of the molecule is COc1cc(N2CCOCC2)ccc1-c1cc2c(Nc3ccccc3C#N)c(C3CC3)cnc2[nH]1. The van der Waals surface area contributed by atoms with Crippen LogP contribution in [0.15, 0.2) is 54.7 Å². The van der Waals surface area contributed by atoms with Gasteiger partial charge < -0.3 is 24.7 Å². The molecule has 2 fully saturated rings. The number of nitriles is 1. The van der Waals surface area contributed by atoms with Crippen LogP contribution < -0.4 is 15.0 Å². The van der Waals surface area contributed by atoms with Crippen LogP contribution in [0.25, 0.3) is 22.3 Å². The monoisotopic (exact) mass is 465 g/mol. The fraction of sp³-hybridized carbons (Fsp3) is 0.286. The maximum atomic E-state index is 9.59. The minimum absolute atomic E-state index is 0.504. The van der Waals surface area contributed by atoms with E-state index >= 15 is 0 Å². The second-order valence-electron chi connectivity index (χ2n) is 9.07. The van der Waals surface area contributed by atoms with Crippen LogP contribution in [0.2, 0.25) is 0 Å². The molecule has 1 saturated carbocycles. The number of aromatic nitrogens is 2. The Morgan fingerprint density at radius 3 is 2.74 bits per heavy atom. The molecule has 1 saturated heterocycles. The third-order valence-corrected chi connectivity index (χ3v) is 6.86. The zero-order valence-electron chi connectivity index (χ0n) is 19.7. The van der Waals surface area contributed by atoms with Gasteiger partial charge >= 0.3 is 0 Å². The molecule has 7 nitrogen and oxygen atoms in total. The minimum Gasteiger partial charge on any atom is -0.496 e. The van der Waals surface area contributed by atoms with Crippen LogP contribution in [-0.4, -0.2) is 43.4 Å². The minimum atomic E-state index is 0.504. The molecular weight excluding hydrogens is 438 g/mol. The zero-order valence-corrected chi connectivity index (χ0v) is 19.7. The van der Waals surface area contributed by atoms with Gasteiger partial charge in [0.2, 0.25) is 0 Å². The molecule has 2 aliphatic rings. The highest BCUT2D eigenvalue weighted by atomic mass is 16.5. The molecular formula is C28H27N5O2. The average molecular weight is 466 g/mol. The highest BCUT2D eigenvalue weighted by Crippen LogP contribution is 2.47. The highest BCUT2D eigenvalue weighted by molar-refractivity contribution is 5.97. The molecule has 2 N–H and O–H groups in total. The molecule has 3 heterocycles. The van der Waals surface area contributed by atoms with Crippen LogP contribution in [0.1, 0.15) is 29.9 Å². The highest BCUT2D eigenvalue weighted by Gasteiger charge is 2.28. The number of aromatic amines is 1. The molecule has 176 valence electrons. The van der Waals surface area contributed by atoms with Crippen LogP contribution in [0.3, 0.4) is 0 Å². The molecule has 0 atom stereocenters. The predicted molar refractivity (Wildman–Crippen MR) is 138 cm³/mol. The number of anilines is 3. The number of hydrogen-bond acceptors (Lipinski definition) is 6. The molecule has 0 unspecified atom stereocenters. The smallest absolute Gasteiger partial charge is 0.139 e. The molecule has 6 rings (SSSR count). The predicted octanol–water partition coefficient (Wildman–Crippen LogP) is 5.57. The summed E-state index contributed by atoms with van der Waals surface area (Å²) in [5.74, 6) is 1.32. The van der Waals surface area contributed by atoms with E-state index in [0.29, 0.717) is 11.5 Å². The van der Waals surface area contributed by atoms with Crippen molar-refractivity contribution < 1.29 is 9.47 Å². The van der Waals surface area contributed by atoms with Gasteiger partial charge in [0, 0.05) is 42.0 Å². The summed E-state index contributed by atoms with van der Waals surface area (Å²) in [5, 5.41) is 14.2. The molecule has 1 aliphatic heterocycles. The number of fused-ring (bicyclic) bond motifs is 1. The van der Waals surface area contributed by atoms with Crippen LogP contribution in [0.4, 0.5) is 17.1 Å². The quantitative estimate of drug-likeness (QED) is 0.387. The summed E-state index contributed by atoms with van der Waals surface area (Å²) < 4.78 is 11.3. The van der Waals surface area contributed by atoms with Crippen molar-refractivity contribution >= 4 is 28.1 Å². The van der Waals surface area contributed by atoms with Crippen molar-refractivity contribution in [1.82, 2.24) is 9.97 Å². The fourth-order valence-electron chi connectivity index (χ4n) is 4.82. The van der Waals surface area contributed by atoms with E-state index in [1.165, 1.54) is 5.56 Å². The van der Waals surface area contributed by atoms with Gasteiger partial charge in [0.05, 0.1) is 43.0 Å².